The first kappa shape index (κ1) is 24.8. The first-order chi connectivity index (χ1) is 18.4. The number of anilines is 3. The van der Waals surface area contributed by atoms with Gasteiger partial charge in [0.2, 0.25) is 11.9 Å². The van der Waals surface area contributed by atoms with Gasteiger partial charge < -0.3 is 15.5 Å². The van der Waals surface area contributed by atoms with Crippen LogP contribution < -0.4 is 15.5 Å². The summed E-state index contributed by atoms with van der Waals surface area (Å²) in [6.07, 6.45) is 9.62. The molecular weight excluding hydrogens is 488 g/mol. The Morgan fingerprint density at radius 1 is 1.03 bits per heavy atom. The highest BCUT2D eigenvalue weighted by molar-refractivity contribution is 5.76. The number of hydrogen-bond acceptors (Lipinski definition) is 6. The highest BCUT2D eigenvalue weighted by Crippen LogP contribution is 2.39. The first-order valence-corrected chi connectivity index (χ1v) is 13.6. The van der Waals surface area contributed by atoms with E-state index in [0.717, 1.165) is 42.6 Å². The summed E-state index contributed by atoms with van der Waals surface area (Å²) in [7, 11) is 2.03. The summed E-state index contributed by atoms with van der Waals surface area (Å²) in [4.78, 5) is 24.0. The Morgan fingerprint density at radius 2 is 1.74 bits per heavy atom. The first-order valence-electron chi connectivity index (χ1n) is 13.6. The van der Waals surface area contributed by atoms with Crippen LogP contribution in [0.4, 0.5) is 26.4 Å². The molecule has 1 aromatic carbocycles. The molecule has 3 N–H and O–H groups in total. The van der Waals surface area contributed by atoms with E-state index in [1.54, 1.807) is 6.20 Å². The third kappa shape index (κ3) is 5.49. The quantitative estimate of drug-likeness (QED) is 0.395. The van der Waals surface area contributed by atoms with Gasteiger partial charge >= 0.3 is 0 Å². The van der Waals surface area contributed by atoms with Crippen molar-refractivity contribution in [2.75, 3.05) is 17.3 Å². The number of amides is 1. The summed E-state index contributed by atoms with van der Waals surface area (Å²) in [5, 5.41) is 13.8. The Kier molecular flexibility index (Phi) is 6.71. The number of fused-ring (bicyclic) bond motifs is 1. The molecule has 38 heavy (non-hydrogen) atoms. The molecule has 6 rings (SSSR count). The number of halogens is 2. The molecule has 0 saturated heterocycles. The van der Waals surface area contributed by atoms with E-state index in [2.05, 4.69) is 30.7 Å². The maximum Gasteiger partial charge on any atom is 0.227 e. The van der Waals surface area contributed by atoms with E-state index in [0.29, 0.717) is 48.9 Å². The molecule has 0 unspecified atom stereocenters. The minimum atomic E-state index is -0.828. The summed E-state index contributed by atoms with van der Waals surface area (Å²) in [5.74, 6) is 1.45. The number of hydrogen-bond donors (Lipinski definition) is 3. The van der Waals surface area contributed by atoms with Crippen molar-refractivity contribution < 1.29 is 13.6 Å². The summed E-state index contributed by atoms with van der Waals surface area (Å²) in [6.45, 7) is 0. The second-order valence-electron chi connectivity index (χ2n) is 11.0. The van der Waals surface area contributed by atoms with Gasteiger partial charge in [0.1, 0.15) is 5.82 Å². The molecule has 3 aliphatic carbocycles. The maximum absolute atomic E-state index is 13.5. The number of nitrogens with zero attached hydrogens (tertiary/aromatic N) is 4. The molecule has 0 aliphatic heterocycles. The van der Waals surface area contributed by atoms with Crippen molar-refractivity contribution >= 4 is 23.5 Å². The normalized spacial score (nSPS) is 21.2. The van der Waals surface area contributed by atoms with Crippen LogP contribution in [-0.4, -0.2) is 45.2 Å². The minimum absolute atomic E-state index is 0.0193. The van der Waals surface area contributed by atoms with Gasteiger partial charge in [-0.2, -0.15) is 10.1 Å². The van der Waals surface area contributed by atoms with Crippen LogP contribution in [-0.2, 0) is 17.6 Å². The average molecular weight is 522 g/mol. The van der Waals surface area contributed by atoms with Gasteiger partial charge in [-0.15, -0.1) is 0 Å². The van der Waals surface area contributed by atoms with Crippen LogP contribution in [0.3, 0.4) is 0 Å². The molecule has 2 aromatic heterocycles. The van der Waals surface area contributed by atoms with Crippen molar-refractivity contribution in [1.29, 1.82) is 0 Å². The lowest BCUT2D eigenvalue weighted by atomic mass is 9.83. The second kappa shape index (κ2) is 10.3. The Morgan fingerprint density at radius 3 is 2.42 bits per heavy atom. The predicted octanol–water partition coefficient (Wildman–Crippen LogP) is 4.77. The van der Waals surface area contributed by atoms with Crippen LogP contribution >= 0.6 is 0 Å². The van der Waals surface area contributed by atoms with Gasteiger partial charge in [0.25, 0.3) is 0 Å². The number of aromatic nitrogens is 4. The standard InChI is InChI=1S/C28H33F2N7O/c1-37(28-31-9-8-25(34-28)33-26-15-24(35-36-26)17-4-5-17)21-6-2-16(3-7-21)10-27(38)32-20-11-18-13-22(29)23(30)14-19(18)12-20/h8-9,13-17,20-21H,2-7,10-12H2,1H3,(H,32,38)(H2,31,33,34,35,36). The van der Waals surface area contributed by atoms with E-state index in [1.165, 1.54) is 30.7 Å². The zero-order chi connectivity index (χ0) is 26.2. The zero-order valence-corrected chi connectivity index (χ0v) is 21.5. The average Bonchev–Trinajstić information content (AvgIpc) is 3.54. The maximum atomic E-state index is 13.5. The molecular formula is C28H33F2N7O. The third-order valence-corrected chi connectivity index (χ3v) is 8.21. The molecule has 0 radical (unpaired) electrons. The largest absolute Gasteiger partial charge is 0.353 e. The van der Waals surface area contributed by atoms with Crippen molar-refractivity contribution in [1.82, 2.24) is 25.5 Å². The Balaban J connectivity index is 0.972. The number of rotatable bonds is 8. The molecule has 2 heterocycles. The molecule has 1 amide bonds. The fourth-order valence-corrected chi connectivity index (χ4v) is 5.89. The third-order valence-electron chi connectivity index (χ3n) is 8.21. The van der Waals surface area contributed by atoms with Crippen LogP contribution in [0, 0.1) is 17.6 Å². The second-order valence-corrected chi connectivity index (χ2v) is 11.0. The minimum Gasteiger partial charge on any atom is -0.353 e. The number of carbonyl (C=O) groups excluding carboxylic acids is 1. The fourth-order valence-electron chi connectivity index (χ4n) is 5.89. The molecule has 200 valence electrons. The van der Waals surface area contributed by atoms with E-state index in [4.69, 9.17) is 4.98 Å². The zero-order valence-electron chi connectivity index (χ0n) is 21.5. The van der Waals surface area contributed by atoms with Gasteiger partial charge in [-0.25, -0.2) is 13.8 Å². The number of benzene rings is 1. The number of aromatic amines is 1. The van der Waals surface area contributed by atoms with E-state index in [-0.39, 0.29) is 11.9 Å². The SMILES string of the molecule is CN(c1nccc(Nc2cc(C3CC3)[nH]n2)n1)C1CCC(CC(=O)NC2Cc3cc(F)c(F)cc3C2)CC1. The molecule has 3 aliphatic rings. The Hall–Kier alpha value is -3.56. The summed E-state index contributed by atoms with van der Waals surface area (Å²) in [5.41, 5.74) is 2.74. The van der Waals surface area contributed by atoms with Gasteiger partial charge in [0.15, 0.2) is 17.5 Å². The van der Waals surface area contributed by atoms with Gasteiger partial charge in [0.05, 0.1) is 0 Å². The highest BCUT2D eigenvalue weighted by Gasteiger charge is 2.29. The molecule has 0 bridgehead atoms. The van der Waals surface area contributed by atoms with Gasteiger partial charge in [0, 0.05) is 49.4 Å². The highest BCUT2D eigenvalue weighted by atomic mass is 19.2. The molecule has 0 spiro atoms. The fraction of sp³-hybridized carbons (Fsp3) is 0.500. The lowest BCUT2D eigenvalue weighted by Crippen LogP contribution is -2.39. The molecule has 10 heteroatoms. The van der Waals surface area contributed by atoms with Crippen LogP contribution in [0.1, 0.15) is 67.7 Å². The Labute approximate surface area is 220 Å². The van der Waals surface area contributed by atoms with Crippen molar-refractivity contribution in [3.63, 3.8) is 0 Å². The molecule has 2 fully saturated rings. The van der Waals surface area contributed by atoms with Crippen molar-refractivity contribution in [2.24, 2.45) is 5.92 Å². The molecule has 0 atom stereocenters. The number of nitrogens with one attached hydrogen (secondary N) is 3. The van der Waals surface area contributed by atoms with Crippen LogP contribution in [0.15, 0.2) is 30.5 Å². The number of carbonyl (C=O) groups is 1. The predicted molar refractivity (Wildman–Crippen MR) is 140 cm³/mol. The van der Waals surface area contributed by atoms with Crippen LogP contribution in [0.25, 0.3) is 0 Å². The van der Waals surface area contributed by atoms with Crippen molar-refractivity contribution in [3.8, 4) is 0 Å². The van der Waals surface area contributed by atoms with Crippen molar-refractivity contribution in [2.45, 2.75) is 75.8 Å². The summed E-state index contributed by atoms with van der Waals surface area (Å²) < 4.78 is 27.0. The monoisotopic (exact) mass is 521 g/mol. The Bertz CT molecular complexity index is 1290. The lowest BCUT2D eigenvalue weighted by molar-refractivity contribution is -0.122. The molecule has 2 saturated carbocycles. The van der Waals surface area contributed by atoms with Gasteiger partial charge in [-0.05, 0) is 86.6 Å². The van der Waals surface area contributed by atoms with E-state index in [1.807, 2.05) is 19.2 Å². The van der Waals surface area contributed by atoms with Crippen LogP contribution in [0.5, 0.6) is 0 Å². The number of H-pyrrole nitrogens is 1. The van der Waals surface area contributed by atoms with E-state index >= 15 is 0 Å². The van der Waals surface area contributed by atoms with Gasteiger partial charge in [-0.3, -0.25) is 9.89 Å². The smallest absolute Gasteiger partial charge is 0.227 e. The summed E-state index contributed by atoms with van der Waals surface area (Å²) in [6, 6.07) is 6.62. The lowest BCUT2D eigenvalue weighted by Gasteiger charge is -2.34. The van der Waals surface area contributed by atoms with E-state index in [9.17, 15) is 13.6 Å². The molecule has 8 nitrogen and oxygen atoms in total. The van der Waals surface area contributed by atoms with Crippen molar-refractivity contribution in [3.05, 3.63) is 58.9 Å². The van der Waals surface area contributed by atoms with Crippen LogP contribution in [0.2, 0.25) is 0 Å². The topological polar surface area (TPSA) is 98.8 Å². The van der Waals surface area contributed by atoms with Gasteiger partial charge in [-0.1, -0.05) is 0 Å². The summed E-state index contributed by atoms with van der Waals surface area (Å²) >= 11 is 0. The molecule has 3 aromatic rings. The van der Waals surface area contributed by atoms with E-state index < -0.39 is 11.6 Å².